The first-order chi connectivity index (χ1) is 12.9. The third kappa shape index (κ3) is 3.13. The summed E-state index contributed by atoms with van der Waals surface area (Å²) in [6, 6.07) is 2.83. The van der Waals surface area contributed by atoms with Crippen molar-refractivity contribution in [2.75, 3.05) is 26.3 Å². The van der Waals surface area contributed by atoms with Crippen LogP contribution in [0.5, 0.6) is 0 Å². The van der Waals surface area contributed by atoms with Crippen LogP contribution in [-0.2, 0) is 21.8 Å². The first kappa shape index (κ1) is 18.1. The molecule has 1 aromatic carbocycles. The normalized spacial score (nSPS) is 16.7. The van der Waals surface area contributed by atoms with Gasteiger partial charge >= 0.3 is 0 Å². The van der Waals surface area contributed by atoms with Gasteiger partial charge in [0.2, 0.25) is 0 Å². The molecule has 1 aliphatic rings. The molecule has 0 bridgehead atoms. The number of aromatic amines is 1. The van der Waals surface area contributed by atoms with Crippen LogP contribution in [0.2, 0.25) is 0 Å². The average Bonchev–Trinajstić information content (AvgIpc) is 3.14. The number of nitrogens with one attached hydrogen (secondary N) is 1. The number of aryl methyl sites for hydroxylation is 2. The average molecular weight is 393 g/mol. The van der Waals surface area contributed by atoms with Gasteiger partial charge in [-0.3, -0.25) is 4.68 Å². The van der Waals surface area contributed by atoms with Crippen molar-refractivity contribution in [1.82, 2.24) is 24.1 Å². The van der Waals surface area contributed by atoms with Crippen LogP contribution in [0.4, 0.5) is 4.39 Å². The number of aromatic nitrogens is 4. The fourth-order valence-electron chi connectivity index (χ4n) is 3.35. The van der Waals surface area contributed by atoms with E-state index in [0.29, 0.717) is 48.5 Å². The molecule has 144 valence electrons. The molecule has 0 saturated carbocycles. The zero-order valence-electron chi connectivity index (χ0n) is 15.1. The van der Waals surface area contributed by atoms with Crippen LogP contribution < -0.4 is 0 Å². The Morgan fingerprint density at radius 3 is 2.81 bits per heavy atom. The topological polar surface area (TPSA) is 93.1 Å². The van der Waals surface area contributed by atoms with Gasteiger partial charge in [-0.25, -0.2) is 17.8 Å². The van der Waals surface area contributed by atoms with Gasteiger partial charge in [-0.05, 0) is 31.0 Å². The summed E-state index contributed by atoms with van der Waals surface area (Å²) in [5.41, 5.74) is 1.38. The van der Waals surface area contributed by atoms with Gasteiger partial charge in [0.25, 0.3) is 10.0 Å². The highest BCUT2D eigenvalue weighted by Gasteiger charge is 2.28. The Kier molecular flexibility index (Phi) is 4.49. The second-order valence-corrected chi connectivity index (χ2v) is 8.49. The lowest BCUT2D eigenvalue weighted by Gasteiger charge is -2.17. The van der Waals surface area contributed by atoms with Crippen molar-refractivity contribution < 1.29 is 17.5 Å². The molecule has 1 aliphatic heterocycles. The molecule has 0 spiro atoms. The first-order valence-electron chi connectivity index (χ1n) is 8.63. The number of H-pyrrole nitrogens is 1. The standard InChI is InChI=1S/C17H20FN5O3S/c1-11-8-13(18)16-12(15(11)17-19-10-22(2)21-17)9-14(20-16)27(24,25)23-4-3-6-26-7-5-23/h8-10,20H,3-7H2,1-2H3. The maximum absolute atomic E-state index is 14.6. The van der Waals surface area contributed by atoms with Crippen LogP contribution >= 0.6 is 0 Å². The van der Waals surface area contributed by atoms with Gasteiger partial charge in [-0.2, -0.15) is 9.40 Å². The smallest absolute Gasteiger partial charge is 0.258 e. The second kappa shape index (κ2) is 6.70. The predicted molar refractivity (Wildman–Crippen MR) is 97.2 cm³/mol. The molecule has 0 radical (unpaired) electrons. The Bertz CT molecular complexity index is 1100. The van der Waals surface area contributed by atoms with Crippen molar-refractivity contribution in [3.8, 4) is 11.4 Å². The molecule has 4 rings (SSSR count). The lowest BCUT2D eigenvalue weighted by Crippen LogP contribution is -2.33. The molecule has 0 amide bonds. The molecule has 1 saturated heterocycles. The largest absolute Gasteiger partial charge is 0.380 e. The van der Waals surface area contributed by atoms with Crippen LogP contribution in [0.25, 0.3) is 22.3 Å². The monoisotopic (exact) mass is 393 g/mol. The van der Waals surface area contributed by atoms with Crippen LogP contribution in [0, 0.1) is 12.7 Å². The summed E-state index contributed by atoms with van der Waals surface area (Å²) in [7, 11) is -2.05. The Balaban J connectivity index is 1.88. The maximum Gasteiger partial charge on any atom is 0.258 e. The van der Waals surface area contributed by atoms with Crippen LogP contribution in [-0.4, -0.2) is 58.8 Å². The van der Waals surface area contributed by atoms with E-state index < -0.39 is 15.8 Å². The summed E-state index contributed by atoms with van der Waals surface area (Å²) in [4.78, 5) is 7.00. The molecule has 2 aromatic heterocycles. The van der Waals surface area contributed by atoms with Crippen molar-refractivity contribution in [3.63, 3.8) is 0 Å². The number of halogens is 1. The number of rotatable bonds is 3. The number of ether oxygens (including phenoxy) is 1. The number of hydrogen-bond acceptors (Lipinski definition) is 5. The quantitative estimate of drug-likeness (QED) is 0.733. The van der Waals surface area contributed by atoms with E-state index in [0.717, 1.165) is 0 Å². The van der Waals surface area contributed by atoms with Crippen molar-refractivity contribution in [1.29, 1.82) is 0 Å². The highest BCUT2D eigenvalue weighted by Crippen LogP contribution is 2.34. The van der Waals surface area contributed by atoms with E-state index in [9.17, 15) is 12.8 Å². The molecule has 10 heteroatoms. The van der Waals surface area contributed by atoms with Gasteiger partial charge in [-0.15, -0.1) is 0 Å². The zero-order valence-corrected chi connectivity index (χ0v) is 15.9. The second-order valence-electron chi connectivity index (χ2n) is 6.58. The summed E-state index contributed by atoms with van der Waals surface area (Å²) in [6.45, 7) is 3.27. The molecular formula is C17H20FN5O3S. The van der Waals surface area contributed by atoms with Crippen molar-refractivity contribution >= 4 is 20.9 Å². The van der Waals surface area contributed by atoms with E-state index in [1.807, 2.05) is 0 Å². The lowest BCUT2D eigenvalue weighted by molar-refractivity contribution is 0.148. The lowest BCUT2D eigenvalue weighted by atomic mass is 10.0. The molecule has 1 N–H and O–H groups in total. The van der Waals surface area contributed by atoms with Crippen LogP contribution in [0.3, 0.4) is 0 Å². The minimum Gasteiger partial charge on any atom is -0.380 e. The molecular weight excluding hydrogens is 373 g/mol. The highest BCUT2D eigenvalue weighted by molar-refractivity contribution is 7.89. The summed E-state index contributed by atoms with van der Waals surface area (Å²) < 4.78 is 48.9. The Hall–Kier alpha value is -2.30. The minimum atomic E-state index is -3.79. The minimum absolute atomic E-state index is 0.0407. The van der Waals surface area contributed by atoms with Gasteiger partial charge in [-0.1, -0.05) is 0 Å². The molecule has 8 nitrogen and oxygen atoms in total. The number of benzene rings is 1. The predicted octanol–water partition coefficient (Wildman–Crippen LogP) is 1.82. The molecule has 0 atom stereocenters. The Morgan fingerprint density at radius 2 is 2.07 bits per heavy atom. The molecule has 27 heavy (non-hydrogen) atoms. The molecule has 0 aliphatic carbocycles. The van der Waals surface area contributed by atoms with Crippen molar-refractivity contribution in [2.45, 2.75) is 18.4 Å². The van der Waals surface area contributed by atoms with E-state index >= 15 is 0 Å². The van der Waals surface area contributed by atoms with E-state index in [1.165, 1.54) is 16.4 Å². The summed E-state index contributed by atoms with van der Waals surface area (Å²) in [5.74, 6) is -0.0889. The zero-order chi connectivity index (χ0) is 19.2. The van der Waals surface area contributed by atoms with Gasteiger partial charge in [0.05, 0.1) is 12.1 Å². The maximum atomic E-state index is 14.6. The Labute approximate surface area is 156 Å². The van der Waals surface area contributed by atoms with Gasteiger partial charge < -0.3 is 9.72 Å². The Morgan fingerprint density at radius 1 is 1.26 bits per heavy atom. The first-order valence-corrected chi connectivity index (χ1v) is 10.1. The fraction of sp³-hybridized carbons (Fsp3) is 0.412. The van der Waals surface area contributed by atoms with E-state index in [4.69, 9.17) is 4.74 Å². The van der Waals surface area contributed by atoms with Gasteiger partial charge in [0.15, 0.2) is 5.82 Å². The van der Waals surface area contributed by atoms with Gasteiger partial charge in [0, 0.05) is 37.7 Å². The van der Waals surface area contributed by atoms with E-state index in [2.05, 4.69) is 15.1 Å². The number of fused-ring (bicyclic) bond motifs is 1. The number of sulfonamides is 1. The van der Waals surface area contributed by atoms with E-state index in [1.54, 1.807) is 25.0 Å². The van der Waals surface area contributed by atoms with Crippen LogP contribution in [0.15, 0.2) is 23.5 Å². The van der Waals surface area contributed by atoms with Crippen molar-refractivity contribution in [2.24, 2.45) is 7.05 Å². The molecule has 3 heterocycles. The van der Waals surface area contributed by atoms with Gasteiger partial charge in [0.1, 0.15) is 17.2 Å². The SMILES string of the molecule is Cc1cc(F)c2[nH]c(S(=O)(=O)N3CCCOCC3)cc2c1-c1ncn(C)n1. The third-order valence-corrected chi connectivity index (χ3v) is 6.48. The highest BCUT2D eigenvalue weighted by atomic mass is 32.2. The summed E-state index contributed by atoms with van der Waals surface area (Å²) in [5, 5.41) is 4.69. The van der Waals surface area contributed by atoms with E-state index in [-0.39, 0.29) is 17.1 Å². The molecule has 0 unspecified atom stereocenters. The van der Waals surface area contributed by atoms with Crippen LogP contribution in [0.1, 0.15) is 12.0 Å². The number of hydrogen-bond donors (Lipinski definition) is 1. The molecule has 1 fully saturated rings. The summed E-state index contributed by atoms with van der Waals surface area (Å²) >= 11 is 0. The summed E-state index contributed by atoms with van der Waals surface area (Å²) in [6.07, 6.45) is 2.17. The third-order valence-electron chi connectivity index (χ3n) is 4.66. The molecule has 3 aromatic rings. The van der Waals surface area contributed by atoms with Crippen molar-refractivity contribution in [3.05, 3.63) is 29.8 Å². The number of nitrogens with zero attached hydrogens (tertiary/aromatic N) is 4. The fourth-order valence-corrected chi connectivity index (χ4v) is 4.81.